The zero-order valence-electron chi connectivity index (χ0n) is 11.3. The first-order valence-corrected chi connectivity index (χ1v) is 6.12. The van der Waals surface area contributed by atoms with Gasteiger partial charge in [-0.25, -0.2) is 4.99 Å². The SMILES string of the molecule is CC/C=C/CC1(C(C)C)C(=O)N=C([S-])NC1=O.[Na+]. The Balaban J connectivity index is 0.00000289. The van der Waals surface area contributed by atoms with Gasteiger partial charge in [0.25, 0.3) is 5.91 Å². The monoisotopic (exact) mass is 276 g/mol. The topological polar surface area (TPSA) is 58.5 Å². The summed E-state index contributed by atoms with van der Waals surface area (Å²) in [6.07, 6.45) is 5.05. The van der Waals surface area contributed by atoms with Crippen molar-refractivity contribution in [2.75, 3.05) is 0 Å². The summed E-state index contributed by atoms with van der Waals surface area (Å²) in [5.74, 6) is -0.886. The molecule has 6 heteroatoms. The van der Waals surface area contributed by atoms with Crippen molar-refractivity contribution >= 4 is 29.6 Å². The van der Waals surface area contributed by atoms with Crippen LogP contribution >= 0.6 is 0 Å². The number of aliphatic imine (C=N–C) groups is 1. The van der Waals surface area contributed by atoms with E-state index >= 15 is 0 Å². The molecule has 0 bridgehead atoms. The molecule has 0 radical (unpaired) electrons. The molecule has 1 aliphatic heterocycles. The third-order valence-corrected chi connectivity index (χ3v) is 3.23. The first kappa shape index (κ1) is 17.8. The molecule has 0 spiro atoms. The van der Waals surface area contributed by atoms with Crippen LogP contribution < -0.4 is 34.9 Å². The fraction of sp³-hybridized carbons (Fsp3) is 0.583. The molecular formula is C12H17N2NaO2S. The van der Waals surface area contributed by atoms with E-state index in [-0.39, 0.29) is 46.6 Å². The Labute approximate surface area is 135 Å². The quantitative estimate of drug-likeness (QED) is 0.296. The maximum absolute atomic E-state index is 12.1. The molecule has 94 valence electrons. The Morgan fingerprint density at radius 2 is 2.00 bits per heavy atom. The van der Waals surface area contributed by atoms with Crippen LogP contribution in [0.5, 0.6) is 0 Å². The van der Waals surface area contributed by atoms with Crippen molar-refractivity contribution in [2.24, 2.45) is 16.3 Å². The van der Waals surface area contributed by atoms with Gasteiger partial charge in [0, 0.05) is 0 Å². The van der Waals surface area contributed by atoms with Gasteiger partial charge >= 0.3 is 29.6 Å². The van der Waals surface area contributed by atoms with Crippen LogP contribution in [0.2, 0.25) is 0 Å². The zero-order valence-corrected chi connectivity index (χ0v) is 14.1. The van der Waals surface area contributed by atoms with E-state index < -0.39 is 11.3 Å². The summed E-state index contributed by atoms with van der Waals surface area (Å²) in [6, 6.07) is 0. The van der Waals surface area contributed by atoms with E-state index in [1.54, 1.807) is 0 Å². The smallest absolute Gasteiger partial charge is 0.742 e. The number of allylic oxidation sites excluding steroid dienone is 2. The fourth-order valence-corrected chi connectivity index (χ4v) is 2.06. The normalized spacial score (nSPS) is 23.9. The van der Waals surface area contributed by atoms with Crippen LogP contribution in [0.1, 0.15) is 33.6 Å². The summed E-state index contributed by atoms with van der Waals surface area (Å²) in [6.45, 7) is 5.70. The fourth-order valence-electron chi connectivity index (χ4n) is 1.89. The van der Waals surface area contributed by atoms with Crippen molar-refractivity contribution in [1.82, 2.24) is 5.32 Å². The van der Waals surface area contributed by atoms with Gasteiger partial charge in [-0.15, -0.1) is 0 Å². The molecule has 1 heterocycles. The third-order valence-electron chi connectivity index (χ3n) is 3.04. The molecule has 18 heavy (non-hydrogen) atoms. The number of carbonyl (C=O) groups excluding carboxylic acids is 2. The molecule has 0 aliphatic carbocycles. The van der Waals surface area contributed by atoms with Gasteiger partial charge in [-0.3, -0.25) is 9.59 Å². The zero-order chi connectivity index (χ0) is 13.1. The number of nitrogens with zero attached hydrogens (tertiary/aromatic N) is 1. The average Bonchev–Trinajstić information content (AvgIpc) is 2.21. The molecule has 0 aromatic carbocycles. The van der Waals surface area contributed by atoms with E-state index in [9.17, 15) is 9.59 Å². The molecule has 4 nitrogen and oxygen atoms in total. The van der Waals surface area contributed by atoms with Crippen molar-refractivity contribution < 1.29 is 39.1 Å². The van der Waals surface area contributed by atoms with Gasteiger partial charge in [-0.05, 0) is 23.9 Å². The van der Waals surface area contributed by atoms with Crippen LogP contribution in [0.15, 0.2) is 17.1 Å². The molecular weight excluding hydrogens is 259 g/mol. The standard InChI is InChI=1S/C12H18N2O2S.Na/c1-4-5-6-7-12(8(2)3)9(15)13-11(17)14-10(12)16;/h5-6,8H,4,7H2,1-3H3,(H2,13,14,15,16,17);/q;+1/p-1/b6-5+;. The van der Waals surface area contributed by atoms with Gasteiger partial charge in [0.1, 0.15) is 5.41 Å². The predicted molar refractivity (Wildman–Crippen MR) is 69.3 cm³/mol. The second-order valence-corrected chi connectivity index (χ2v) is 4.77. The van der Waals surface area contributed by atoms with Gasteiger partial charge in [0.15, 0.2) is 0 Å². The first-order chi connectivity index (χ1) is 7.95. The Morgan fingerprint density at radius 1 is 1.39 bits per heavy atom. The van der Waals surface area contributed by atoms with Crippen LogP contribution in [0.25, 0.3) is 0 Å². The van der Waals surface area contributed by atoms with Crippen molar-refractivity contribution in [3.8, 4) is 0 Å². The average molecular weight is 276 g/mol. The number of rotatable bonds is 4. The molecule has 0 saturated heterocycles. The number of hydrogen-bond acceptors (Lipinski definition) is 3. The van der Waals surface area contributed by atoms with Crippen molar-refractivity contribution in [2.45, 2.75) is 33.6 Å². The molecule has 0 saturated carbocycles. The molecule has 0 aromatic rings. The van der Waals surface area contributed by atoms with Crippen LogP contribution in [0, 0.1) is 11.3 Å². The van der Waals surface area contributed by atoms with E-state index in [1.165, 1.54) is 0 Å². The second-order valence-electron chi connectivity index (χ2n) is 4.39. The number of nitrogens with one attached hydrogen (secondary N) is 1. The largest absolute Gasteiger partial charge is 1.00 e. The first-order valence-electron chi connectivity index (χ1n) is 5.71. The molecule has 2 amide bonds. The van der Waals surface area contributed by atoms with E-state index in [2.05, 4.69) is 10.3 Å². The summed E-state index contributed by atoms with van der Waals surface area (Å²) >= 11 is 4.75. The van der Waals surface area contributed by atoms with Crippen molar-refractivity contribution in [1.29, 1.82) is 0 Å². The number of amides is 2. The minimum Gasteiger partial charge on any atom is -0.742 e. The minimum atomic E-state index is -1.10. The Kier molecular flexibility index (Phi) is 7.29. The molecule has 0 aromatic heterocycles. The molecule has 0 fully saturated rings. The van der Waals surface area contributed by atoms with E-state index in [4.69, 9.17) is 12.6 Å². The summed E-state index contributed by atoms with van der Waals surface area (Å²) < 4.78 is 0. The van der Waals surface area contributed by atoms with Gasteiger partial charge in [-0.1, -0.05) is 32.9 Å². The van der Waals surface area contributed by atoms with Crippen LogP contribution in [0.3, 0.4) is 0 Å². The Bertz CT molecular complexity index is 394. The molecule has 1 aliphatic rings. The minimum absolute atomic E-state index is 0. The van der Waals surface area contributed by atoms with Crippen molar-refractivity contribution in [3.63, 3.8) is 0 Å². The van der Waals surface area contributed by atoms with E-state index in [1.807, 2.05) is 32.9 Å². The maximum Gasteiger partial charge on any atom is 1.00 e. The summed E-state index contributed by atoms with van der Waals surface area (Å²) in [5.41, 5.74) is -1.10. The Morgan fingerprint density at radius 3 is 2.44 bits per heavy atom. The summed E-state index contributed by atoms with van der Waals surface area (Å²) in [7, 11) is 0. The predicted octanol–water partition coefficient (Wildman–Crippen LogP) is -1.45. The van der Waals surface area contributed by atoms with Crippen LogP contribution in [-0.2, 0) is 22.2 Å². The number of amidine groups is 1. The Hall–Kier alpha value is -0.230. The summed E-state index contributed by atoms with van der Waals surface area (Å²) in [4.78, 5) is 27.8. The van der Waals surface area contributed by atoms with E-state index in [0.717, 1.165) is 6.42 Å². The van der Waals surface area contributed by atoms with Gasteiger partial charge in [0.2, 0.25) is 5.91 Å². The number of carbonyl (C=O) groups is 2. The van der Waals surface area contributed by atoms with Gasteiger partial charge in [0.05, 0.1) is 0 Å². The molecule has 1 unspecified atom stereocenters. The molecule has 1 atom stereocenters. The molecule has 1 N–H and O–H groups in total. The van der Waals surface area contributed by atoms with Gasteiger partial charge < -0.3 is 17.9 Å². The second kappa shape index (κ2) is 7.38. The van der Waals surface area contributed by atoms with E-state index in [0.29, 0.717) is 6.42 Å². The van der Waals surface area contributed by atoms with Crippen LogP contribution in [0.4, 0.5) is 0 Å². The number of hydrogen-bond donors (Lipinski definition) is 1. The summed E-state index contributed by atoms with van der Waals surface area (Å²) in [5, 5.41) is 2.45. The van der Waals surface area contributed by atoms with Gasteiger partial charge in [-0.2, -0.15) is 0 Å². The maximum atomic E-state index is 12.1. The van der Waals surface area contributed by atoms with Crippen molar-refractivity contribution in [3.05, 3.63) is 12.2 Å². The third kappa shape index (κ3) is 3.41. The molecule has 1 rings (SSSR count). The van der Waals surface area contributed by atoms with Crippen LogP contribution in [-0.4, -0.2) is 17.0 Å².